The second-order valence-corrected chi connectivity index (χ2v) is 5.26. The molecular formula is C7H6ClFN2O4S. The third kappa shape index (κ3) is 2.80. The molecule has 1 rings (SSSR count). The standard InChI is InChI=1S/C7H6ClFN2O4S/c1-3-5(11-7(12)13)2-4(9)6(10-3)16(8,14)15/h2,11H,1H3,(H,12,13). The quantitative estimate of drug-likeness (QED) is 0.793. The summed E-state index contributed by atoms with van der Waals surface area (Å²) >= 11 is 0. The average molecular weight is 269 g/mol. The molecule has 6 nitrogen and oxygen atoms in total. The van der Waals surface area contributed by atoms with E-state index < -0.39 is 26.0 Å². The Morgan fingerprint density at radius 3 is 2.62 bits per heavy atom. The van der Waals surface area contributed by atoms with Gasteiger partial charge in [0, 0.05) is 16.7 Å². The lowest BCUT2D eigenvalue weighted by molar-refractivity contribution is 0.209. The molecule has 1 heterocycles. The molecule has 88 valence electrons. The molecule has 9 heteroatoms. The molecule has 2 N–H and O–H groups in total. The van der Waals surface area contributed by atoms with Gasteiger partial charge in [0.05, 0.1) is 11.4 Å². The van der Waals surface area contributed by atoms with Crippen LogP contribution in [0.2, 0.25) is 0 Å². The van der Waals surface area contributed by atoms with E-state index in [1.54, 1.807) is 0 Å². The summed E-state index contributed by atoms with van der Waals surface area (Å²) in [6.07, 6.45) is -1.41. The first-order valence-electron chi connectivity index (χ1n) is 3.83. The van der Waals surface area contributed by atoms with Gasteiger partial charge in [-0.15, -0.1) is 0 Å². The summed E-state index contributed by atoms with van der Waals surface area (Å²) in [7, 11) is 0.637. The van der Waals surface area contributed by atoms with E-state index >= 15 is 0 Å². The number of amides is 1. The molecule has 1 amide bonds. The topological polar surface area (TPSA) is 96.4 Å². The number of aromatic nitrogens is 1. The van der Waals surface area contributed by atoms with Crippen LogP contribution in [-0.2, 0) is 9.05 Å². The zero-order valence-electron chi connectivity index (χ0n) is 7.86. The molecule has 0 aliphatic heterocycles. The third-order valence-electron chi connectivity index (χ3n) is 1.61. The highest BCUT2D eigenvalue weighted by atomic mass is 35.7. The van der Waals surface area contributed by atoms with Gasteiger partial charge in [-0.05, 0) is 6.92 Å². The van der Waals surface area contributed by atoms with Crippen LogP contribution in [0.1, 0.15) is 5.69 Å². The van der Waals surface area contributed by atoms with Crippen LogP contribution in [0.15, 0.2) is 11.1 Å². The van der Waals surface area contributed by atoms with E-state index in [4.69, 9.17) is 15.8 Å². The summed E-state index contributed by atoms with van der Waals surface area (Å²) in [4.78, 5) is 13.7. The number of hydrogen-bond donors (Lipinski definition) is 2. The Morgan fingerprint density at radius 2 is 2.19 bits per heavy atom. The van der Waals surface area contributed by atoms with Gasteiger partial charge in [0.25, 0.3) is 9.05 Å². The number of anilines is 1. The lowest BCUT2D eigenvalue weighted by atomic mass is 10.3. The molecule has 0 atom stereocenters. The van der Waals surface area contributed by atoms with Crippen molar-refractivity contribution in [3.8, 4) is 0 Å². The molecule has 0 saturated heterocycles. The number of pyridine rings is 1. The lowest BCUT2D eigenvalue weighted by Crippen LogP contribution is -2.11. The maximum Gasteiger partial charge on any atom is 0.409 e. The van der Waals surface area contributed by atoms with E-state index in [0.29, 0.717) is 6.07 Å². The predicted octanol–water partition coefficient (Wildman–Crippen LogP) is 1.55. The molecule has 1 aromatic heterocycles. The van der Waals surface area contributed by atoms with Crippen molar-refractivity contribution in [1.82, 2.24) is 4.98 Å². The number of aryl methyl sites for hydroxylation is 1. The summed E-state index contributed by atoms with van der Waals surface area (Å²) in [6, 6.07) is 0.700. The summed E-state index contributed by atoms with van der Waals surface area (Å²) in [5.74, 6) is -1.22. The first-order chi connectivity index (χ1) is 7.21. The third-order valence-corrected chi connectivity index (χ3v) is 2.79. The zero-order valence-corrected chi connectivity index (χ0v) is 9.43. The van der Waals surface area contributed by atoms with Crippen molar-refractivity contribution in [1.29, 1.82) is 0 Å². The SMILES string of the molecule is Cc1nc(S(=O)(=O)Cl)c(F)cc1NC(=O)O. The van der Waals surface area contributed by atoms with Crippen molar-refractivity contribution in [3.05, 3.63) is 17.6 Å². The number of hydrogen-bond acceptors (Lipinski definition) is 4. The van der Waals surface area contributed by atoms with Gasteiger partial charge in [-0.1, -0.05) is 0 Å². The molecule has 0 saturated carbocycles. The highest BCUT2D eigenvalue weighted by Gasteiger charge is 2.20. The molecule has 0 aromatic carbocycles. The maximum atomic E-state index is 13.2. The van der Waals surface area contributed by atoms with E-state index in [1.165, 1.54) is 6.92 Å². The Hall–Kier alpha value is -1.41. The van der Waals surface area contributed by atoms with Crippen molar-refractivity contribution in [2.75, 3.05) is 5.32 Å². The van der Waals surface area contributed by atoms with E-state index in [-0.39, 0.29) is 11.4 Å². The van der Waals surface area contributed by atoms with Crippen LogP contribution < -0.4 is 5.32 Å². The van der Waals surface area contributed by atoms with Crippen LogP contribution in [0.5, 0.6) is 0 Å². The summed E-state index contributed by atoms with van der Waals surface area (Å²) in [5, 5.41) is 9.35. The average Bonchev–Trinajstić information content (AvgIpc) is 2.07. The molecular weight excluding hydrogens is 263 g/mol. The van der Waals surface area contributed by atoms with Gasteiger partial charge < -0.3 is 5.11 Å². The molecule has 0 radical (unpaired) electrons. The zero-order chi connectivity index (χ0) is 12.5. The normalized spacial score (nSPS) is 11.2. The van der Waals surface area contributed by atoms with Crippen LogP contribution in [0.25, 0.3) is 0 Å². The van der Waals surface area contributed by atoms with Gasteiger partial charge in [0.15, 0.2) is 5.82 Å². The number of nitrogens with zero attached hydrogens (tertiary/aromatic N) is 1. The number of carbonyl (C=O) groups is 1. The maximum absolute atomic E-state index is 13.2. The molecule has 1 aromatic rings. The van der Waals surface area contributed by atoms with Crippen LogP contribution in [0.3, 0.4) is 0 Å². The van der Waals surface area contributed by atoms with E-state index in [1.807, 2.05) is 5.32 Å². The molecule has 0 unspecified atom stereocenters. The first-order valence-corrected chi connectivity index (χ1v) is 6.14. The minimum absolute atomic E-state index is 0.00280. The monoisotopic (exact) mass is 268 g/mol. The van der Waals surface area contributed by atoms with E-state index in [0.717, 1.165) is 0 Å². The first kappa shape index (κ1) is 12.7. The molecule has 0 spiro atoms. The van der Waals surface area contributed by atoms with Gasteiger partial charge in [0.1, 0.15) is 0 Å². The highest BCUT2D eigenvalue weighted by Crippen LogP contribution is 2.22. The Bertz CT molecular complexity index is 546. The molecule has 0 aliphatic rings. The summed E-state index contributed by atoms with van der Waals surface area (Å²) in [5.41, 5.74) is -0.142. The Kier molecular flexibility index (Phi) is 3.34. The van der Waals surface area contributed by atoms with Gasteiger partial charge >= 0.3 is 6.09 Å². The van der Waals surface area contributed by atoms with Gasteiger partial charge in [0.2, 0.25) is 5.03 Å². The summed E-state index contributed by atoms with van der Waals surface area (Å²) < 4.78 is 34.9. The summed E-state index contributed by atoms with van der Waals surface area (Å²) in [6.45, 7) is 1.32. The van der Waals surface area contributed by atoms with Gasteiger partial charge in [-0.3, -0.25) is 5.32 Å². The van der Waals surface area contributed by atoms with Crippen LogP contribution >= 0.6 is 10.7 Å². The number of nitrogens with one attached hydrogen (secondary N) is 1. The van der Waals surface area contributed by atoms with Gasteiger partial charge in [-0.2, -0.15) is 0 Å². The van der Waals surface area contributed by atoms with E-state index in [2.05, 4.69) is 4.98 Å². The van der Waals surface area contributed by atoms with Crippen LogP contribution in [-0.4, -0.2) is 24.6 Å². The lowest BCUT2D eigenvalue weighted by Gasteiger charge is -2.06. The Labute approximate surface area is 94.5 Å². The number of rotatable bonds is 2. The van der Waals surface area contributed by atoms with Gasteiger partial charge in [-0.25, -0.2) is 22.6 Å². The van der Waals surface area contributed by atoms with E-state index in [9.17, 15) is 17.6 Å². The smallest absolute Gasteiger partial charge is 0.409 e. The van der Waals surface area contributed by atoms with Crippen molar-refractivity contribution in [3.63, 3.8) is 0 Å². The van der Waals surface area contributed by atoms with Crippen molar-refractivity contribution >= 4 is 31.5 Å². The molecule has 16 heavy (non-hydrogen) atoms. The predicted molar refractivity (Wildman–Crippen MR) is 53.6 cm³/mol. The van der Waals surface area contributed by atoms with Crippen LogP contribution in [0, 0.1) is 12.7 Å². The molecule has 0 fully saturated rings. The minimum Gasteiger partial charge on any atom is -0.465 e. The van der Waals surface area contributed by atoms with Crippen molar-refractivity contribution in [2.24, 2.45) is 0 Å². The second-order valence-electron chi connectivity index (χ2n) is 2.78. The van der Waals surface area contributed by atoms with Crippen molar-refractivity contribution in [2.45, 2.75) is 11.9 Å². The minimum atomic E-state index is -4.29. The fourth-order valence-electron chi connectivity index (χ4n) is 0.972. The number of halogens is 2. The molecule has 0 aliphatic carbocycles. The Morgan fingerprint density at radius 1 is 1.62 bits per heavy atom. The van der Waals surface area contributed by atoms with Crippen LogP contribution in [0.4, 0.5) is 14.9 Å². The Balaban J connectivity index is 3.33. The highest BCUT2D eigenvalue weighted by molar-refractivity contribution is 8.13. The largest absolute Gasteiger partial charge is 0.465 e. The second kappa shape index (κ2) is 4.22. The molecule has 0 bridgehead atoms. The van der Waals surface area contributed by atoms with Crippen molar-refractivity contribution < 1.29 is 22.7 Å². The fraction of sp³-hybridized carbons (Fsp3) is 0.143. The fourth-order valence-corrected chi connectivity index (χ4v) is 1.83. The number of carboxylic acid groups (broad SMARTS) is 1.